The van der Waals surface area contributed by atoms with Crippen LogP contribution in [0.25, 0.3) is 0 Å². The van der Waals surface area contributed by atoms with E-state index in [9.17, 15) is 34.1 Å². The lowest BCUT2D eigenvalue weighted by molar-refractivity contribution is -0.161. The van der Waals surface area contributed by atoms with Crippen molar-refractivity contribution in [3.8, 4) is 0 Å². The zero-order valence-electron chi connectivity index (χ0n) is 34.2. The van der Waals surface area contributed by atoms with Crippen LogP contribution in [0.1, 0.15) is 155 Å². The minimum atomic E-state index is -4.78. The lowest BCUT2D eigenvalue weighted by Crippen LogP contribution is -2.34. The third kappa shape index (κ3) is 35.8. The number of aliphatic carboxylic acids is 1. The summed E-state index contributed by atoms with van der Waals surface area (Å²) in [5.41, 5.74) is 5.31. The third-order valence-corrected chi connectivity index (χ3v) is 9.74. The molecule has 0 aromatic carbocycles. The number of phosphoric acid groups is 1. The van der Waals surface area contributed by atoms with Gasteiger partial charge in [-0.2, -0.15) is 0 Å². The number of rotatable bonds is 38. The molecule has 0 amide bonds. The molecule has 0 heterocycles. The highest BCUT2D eigenvalue weighted by atomic mass is 31.2. The van der Waals surface area contributed by atoms with Crippen LogP contribution in [0.5, 0.6) is 0 Å². The van der Waals surface area contributed by atoms with Gasteiger partial charge in [0.1, 0.15) is 12.6 Å². The van der Waals surface area contributed by atoms with Crippen LogP contribution in [0.4, 0.5) is 0 Å². The molecule has 56 heavy (non-hydrogen) atoms. The van der Waals surface area contributed by atoms with Crippen molar-refractivity contribution >= 4 is 25.7 Å². The van der Waals surface area contributed by atoms with Gasteiger partial charge in [-0.3, -0.25) is 23.4 Å². The number of aliphatic hydroxyl groups excluding tert-OH is 2. The Bertz CT molecular complexity index is 1170. The van der Waals surface area contributed by atoms with Crippen LogP contribution < -0.4 is 5.73 Å². The smallest absolute Gasteiger partial charge is 0.472 e. The van der Waals surface area contributed by atoms with Gasteiger partial charge in [0.2, 0.25) is 0 Å². The number of carbonyl (C=O) groups is 3. The van der Waals surface area contributed by atoms with Gasteiger partial charge in [-0.1, -0.05) is 159 Å². The van der Waals surface area contributed by atoms with E-state index in [0.29, 0.717) is 12.8 Å². The minimum Gasteiger partial charge on any atom is -0.480 e. The van der Waals surface area contributed by atoms with E-state index in [-0.39, 0.29) is 25.7 Å². The summed E-state index contributed by atoms with van der Waals surface area (Å²) in [7, 11) is -4.78. The standard InChI is InChI=1S/C42H74NO12P/c1-3-5-7-8-9-10-11-12-13-14-18-21-25-31-40(46)52-33-38(34-53-56(50,51)54-35-39(43)42(48)49)55-41(47)32-26-30-37(45)29-24-20-17-15-16-19-23-28-36(44)27-22-6-4-2/h16-17,19-20,23-24,28-29,36-39,44-45H,3-15,18,21-22,25-27,30-35,43H2,1-2H3,(H,48,49)(H,50,51)/b19-16-,20-17-,28-23+,29-24+/t36-,37-,38-,39+/m1/s1. The van der Waals surface area contributed by atoms with Crippen molar-refractivity contribution in [2.45, 2.75) is 179 Å². The normalized spacial score (nSPS) is 15.4. The van der Waals surface area contributed by atoms with E-state index in [2.05, 4.69) is 18.4 Å². The quantitative estimate of drug-likeness (QED) is 0.0171. The third-order valence-electron chi connectivity index (χ3n) is 8.79. The fourth-order valence-corrected chi connectivity index (χ4v) is 6.17. The minimum absolute atomic E-state index is 0.0868. The summed E-state index contributed by atoms with van der Waals surface area (Å²) >= 11 is 0. The van der Waals surface area contributed by atoms with Crippen LogP contribution in [-0.2, 0) is 37.5 Å². The second-order valence-corrected chi connectivity index (χ2v) is 15.6. The highest BCUT2D eigenvalue weighted by Crippen LogP contribution is 2.43. The molecule has 13 nitrogen and oxygen atoms in total. The molecule has 0 aromatic heterocycles. The summed E-state index contributed by atoms with van der Waals surface area (Å²) in [6, 6.07) is -1.56. The lowest BCUT2D eigenvalue weighted by Gasteiger charge is -2.20. The first-order valence-corrected chi connectivity index (χ1v) is 22.4. The second-order valence-electron chi connectivity index (χ2n) is 14.2. The summed E-state index contributed by atoms with van der Waals surface area (Å²) in [5, 5.41) is 29.0. The van der Waals surface area contributed by atoms with Gasteiger partial charge < -0.3 is 35.4 Å². The number of esters is 2. The Labute approximate surface area is 336 Å². The molecule has 0 bridgehead atoms. The van der Waals surface area contributed by atoms with Gasteiger partial charge in [0.15, 0.2) is 6.10 Å². The van der Waals surface area contributed by atoms with Crippen LogP contribution >= 0.6 is 7.82 Å². The zero-order chi connectivity index (χ0) is 41.7. The van der Waals surface area contributed by atoms with E-state index in [1.54, 1.807) is 24.3 Å². The molecule has 0 aliphatic carbocycles. The zero-order valence-corrected chi connectivity index (χ0v) is 35.1. The number of carboxylic acids is 1. The van der Waals surface area contributed by atoms with Crippen molar-refractivity contribution in [1.29, 1.82) is 0 Å². The fourth-order valence-electron chi connectivity index (χ4n) is 5.40. The molecule has 0 aliphatic rings. The van der Waals surface area contributed by atoms with Gasteiger partial charge in [-0.05, 0) is 32.1 Å². The van der Waals surface area contributed by atoms with Crippen molar-refractivity contribution in [1.82, 2.24) is 0 Å². The van der Waals surface area contributed by atoms with Gasteiger partial charge in [0, 0.05) is 12.8 Å². The Balaban J connectivity index is 4.65. The van der Waals surface area contributed by atoms with E-state index in [1.807, 2.05) is 24.3 Å². The van der Waals surface area contributed by atoms with Crippen molar-refractivity contribution in [2.75, 3.05) is 19.8 Å². The number of ether oxygens (including phenoxy) is 2. The van der Waals surface area contributed by atoms with Crippen LogP contribution in [0.3, 0.4) is 0 Å². The van der Waals surface area contributed by atoms with E-state index in [0.717, 1.165) is 44.9 Å². The molecule has 0 fully saturated rings. The van der Waals surface area contributed by atoms with E-state index in [1.165, 1.54) is 57.8 Å². The maximum Gasteiger partial charge on any atom is 0.472 e. The topological polar surface area (TPSA) is 212 Å². The second kappa shape index (κ2) is 36.7. The highest BCUT2D eigenvalue weighted by molar-refractivity contribution is 7.47. The summed E-state index contributed by atoms with van der Waals surface area (Å²) in [6.07, 6.45) is 32.5. The first kappa shape index (κ1) is 53.4. The molecule has 6 N–H and O–H groups in total. The molecule has 5 atom stereocenters. The number of unbranched alkanes of at least 4 members (excludes halogenated alkanes) is 14. The molecule has 0 rings (SSSR count). The average molecular weight is 816 g/mol. The number of carboxylic acid groups (broad SMARTS) is 1. The molecule has 0 aliphatic heterocycles. The van der Waals surface area contributed by atoms with Gasteiger partial charge in [-0.15, -0.1) is 0 Å². The first-order chi connectivity index (χ1) is 26.9. The number of phosphoric ester groups is 1. The van der Waals surface area contributed by atoms with E-state index < -0.39 is 69.9 Å². The Morgan fingerprint density at radius 2 is 1.09 bits per heavy atom. The molecule has 0 saturated carbocycles. The van der Waals surface area contributed by atoms with E-state index >= 15 is 0 Å². The molecule has 0 radical (unpaired) electrons. The van der Waals surface area contributed by atoms with Crippen LogP contribution in [-0.4, -0.2) is 82.3 Å². The van der Waals surface area contributed by atoms with Crippen molar-refractivity contribution in [3.63, 3.8) is 0 Å². The number of allylic oxidation sites excluding steroid dienone is 6. The summed E-state index contributed by atoms with van der Waals surface area (Å²) in [5.74, 6) is -2.64. The molecule has 1 unspecified atom stereocenters. The number of nitrogens with two attached hydrogens (primary N) is 1. The summed E-state index contributed by atoms with van der Waals surface area (Å²) in [6.45, 7) is 2.46. The molecule has 0 saturated heterocycles. The maximum atomic E-state index is 12.6. The number of hydrogen-bond donors (Lipinski definition) is 5. The Morgan fingerprint density at radius 3 is 1.62 bits per heavy atom. The molecule has 0 spiro atoms. The molecular weight excluding hydrogens is 741 g/mol. The highest BCUT2D eigenvalue weighted by Gasteiger charge is 2.28. The fraction of sp³-hybridized carbons (Fsp3) is 0.738. The first-order valence-electron chi connectivity index (χ1n) is 20.9. The van der Waals surface area contributed by atoms with Gasteiger partial charge in [0.25, 0.3) is 0 Å². The van der Waals surface area contributed by atoms with E-state index in [4.69, 9.17) is 24.8 Å². The monoisotopic (exact) mass is 815 g/mol. The largest absolute Gasteiger partial charge is 0.480 e. The Morgan fingerprint density at radius 1 is 0.625 bits per heavy atom. The van der Waals surface area contributed by atoms with Crippen LogP contribution in [0, 0.1) is 0 Å². The average Bonchev–Trinajstić information content (AvgIpc) is 3.16. The molecule has 324 valence electrons. The van der Waals surface area contributed by atoms with Crippen molar-refractivity contribution < 1.29 is 57.7 Å². The Hall–Kier alpha value is -2.64. The molecular formula is C42H74NO12P. The maximum absolute atomic E-state index is 12.6. The van der Waals surface area contributed by atoms with Crippen molar-refractivity contribution in [2.24, 2.45) is 5.73 Å². The molecule has 0 aromatic rings. The van der Waals surface area contributed by atoms with Gasteiger partial charge >= 0.3 is 25.7 Å². The lowest BCUT2D eigenvalue weighted by atomic mass is 10.0. The summed E-state index contributed by atoms with van der Waals surface area (Å²) in [4.78, 5) is 45.9. The Kier molecular flexibility index (Phi) is 35.0. The number of hydrogen-bond acceptors (Lipinski definition) is 11. The predicted molar refractivity (Wildman–Crippen MR) is 220 cm³/mol. The SMILES string of the molecule is CCCCCCCCCCCCCCCC(=O)OC[C@H](COP(=O)(O)OC[C@H](N)C(=O)O)OC(=O)CCC[C@H](O)/C=C/C=C\C/C=C\C=C\[C@H](O)CCCCC. The van der Waals surface area contributed by atoms with Gasteiger partial charge in [0.05, 0.1) is 25.4 Å². The molecule has 14 heteroatoms. The van der Waals surface area contributed by atoms with Crippen LogP contribution in [0.15, 0.2) is 48.6 Å². The van der Waals surface area contributed by atoms with Crippen LogP contribution in [0.2, 0.25) is 0 Å². The number of carbonyl (C=O) groups excluding carboxylic acids is 2. The summed E-state index contributed by atoms with van der Waals surface area (Å²) < 4.78 is 32.5. The van der Waals surface area contributed by atoms with Crippen molar-refractivity contribution in [3.05, 3.63) is 48.6 Å². The van der Waals surface area contributed by atoms with Gasteiger partial charge in [-0.25, -0.2) is 4.57 Å². The number of aliphatic hydroxyl groups is 2. The predicted octanol–water partition coefficient (Wildman–Crippen LogP) is 8.56.